The van der Waals surface area contributed by atoms with Gasteiger partial charge in [0.2, 0.25) is 0 Å². The molecular formula is C21H22N2O2. The summed E-state index contributed by atoms with van der Waals surface area (Å²) in [5, 5.41) is 2.96. The smallest absolute Gasteiger partial charge is 0.251 e. The topological polar surface area (TPSA) is 49.4 Å². The quantitative estimate of drug-likeness (QED) is 0.820. The highest BCUT2D eigenvalue weighted by Crippen LogP contribution is 2.19. The van der Waals surface area contributed by atoms with Crippen LogP contribution in [0.4, 0.5) is 5.69 Å². The molecule has 0 spiro atoms. The highest BCUT2D eigenvalue weighted by Gasteiger charge is 2.23. The maximum Gasteiger partial charge on any atom is 0.251 e. The van der Waals surface area contributed by atoms with Crippen molar-refractivity contribution >= 4 is 23.6 Å². The summed E-state index contributed by atoms with van der Waals surface area (Å²) in [6.07, 6.45) is 5.49. The van der Waals surface area contributed by atoms with Crippen LogP contribution in [0.2, 0.25) is 0 Å². The standard InChI is InChI=1S/C21H22N2O2/c1-2-23(19-6-4-3-5-7-19)20(24)15-10-16-8-11-17(12-9-16)21(25)22-18-13-14-18/h3-12,15,18H,2,13-14H2,1H3,(H,22,25)/b15-10+. The molecule has 0 atom stereocenters. The van der Waals surface area contributed by atoms with Gasteiger partial charge in [0.05, 0.1) is 0 Å². The molecule has 3 rings (SSSR count). The Hall–Kier alpha value is -2.88. The molecule has 1 aliphatic carbocycles. The van der Waals surface area contributed by atoms with Gasteiger partial charge < -0.3 is 10.2 Å². The first-order valence-electron chi connectivity index (χ1n) is 8.63. The Morgan fingerprint density at radius 3 is 2.36 bits per heavy atom. The SMILES string of the molecule is CCN(C(=O)/C=C/c1ccc(C(=O)NC2CC2)cc1)c1ccccc1. The normalized spacial score (nSPS) is 13.6. The van der Waals surface area contributed by atoms with Gasteiger partial charge in [-0.05, 0) is 55.7 Å². The molecule has 2 aromatic carbocycles. The van der Waals surface area contributed by atoms with Gasteiger partial charge in [0.25, 0.3) is 11.8 Å². The van der Waals surface area contributed by atoms with E-state index in [2.05, 4.69) is 5.32 Å². The largest absolute Gasteiger partial charge is 0.349 e. The van der Waals surface area contributed by atoms with Crippen LogP contribution in [0.1, 0.15) is 35.7 Å². The van der Waals surface area contributed by atoms with E-state index in [0.717, 1.165) is 24.1 Å². The number of carbonyl (C=O) groups excluding carboxylic acids is 2. The first-order chi connectivity index (χ1) is 12.2. The van der Waals surface area contributed by atoms with Gasteiger partial charge in [0.1, 0.15) is 0 Å². The van der Waals surface area contributed by atoms with E-state index in [0.29, 0.717) is 18.2 Å². The Bertz CT molecular complexity index is 762. The van der Waals surface area contributed by atoms with Crippen LogP contribution in [-0.4, -0.2) is 24.4 Å². The molecule has 2 amide bonds. The van der Waals surface area contributed by atoms with Crippen molar-refractivity contribution < 1.29 is 9.59 Å². The van der Waals surface area contributed by atoms with Crippen LogP contribution < -0.4 is 10.2 Å². The van der Waals surface area contributed by atoms with E-state index in [9.17, 15) is 9.59 Å². The van der Waals surface area contributed by atoms with E-state index in [4.69, 9.17) is 0 Å². The fourth-order valence-electron chi connectivity index (χ4n) is 2.57. The lowest BCUT2D eigenvalue weighted by Gasteiger charge is -2.19. The minimum Gasteiger partial charge on any atom is -0.349 e. The summed E-state index contributed by atoms with van der Waals surface area (Å²) >= 11 is 0. The van der Waals surface area contributed by atoms with Crippen LogP contribution in [0.15, 0.2) is 60.7 Å². The summed E-state index contributed by atoms with van der Waals surface area (Å²) in [7, 11) is 0. The molecule has 0 radical (unpaired) electrons. The van der Waals surface area contributed by atoms with Crippen molar-refractivity contribution in [2.45, 2.75) is 25.8 Å². The number of hydrogen-bond acceptors (Lipinski definition) is 2. The van der Waals surface area contributed by atoms with Crippen LogP contribution in [-0.2, 0) is 4.79 Å². The van der Waals surface area contributed by atoms with Gasteiger partial charge in [-0.2, -0.15) is 0 Å². The average Bonchev–Trinajstić information content (AvgIpc) is 3.46. The van der Waals surface area contributed by atoms with Crippen molar-refractivity contribution in [1.29, 1.82) is 0 Å². The second kappa shape index (κ2) is 7.79. The molecule has 4 heteroatoms. The Kier molecular flexibility index (Phi) is 5.29. The van der Waals surface area contributed by atoms with E-state index < -0.39 is 0 Å². The highest BCUT2D eigenvalue weighted by atomic mass is 16.2. The van der Waals surface area contributed by atoms with Gasteiger partial charge in [-0.25, -0.2) is 0 Å². The number of amides is 2. The average molecular weight is 334 g/mol. The van der Waals surface area contributed by atoms with Gasteiger partial charge >= 0.3 is 0 Å². The zero-order valence-corrected chi connectivity index (χ0v) is 14.3. The molecule has 0 unspecified atom stereocenters. The maximum absolute atomic E-state index is 12.4. The second-order valence-corrected chi connectivity index (χ2v) is 6.12. The molecule has 2 aromatic rings. The monoisotopic (exact) mass is 334 g/mol. The number of hydrogen-bond donors (Lipinski definition) is 1. The molecule has 4 nitrogen and oxygen atoms in total. The Morgan fingerprint density at radius 1 is 1.08 bits per heavy atom. The Balaban J connectivity index is 1.64. The van der Waals surface area contributed by atoms with Gasteiger partial charge in [0.15, 0.2) is 0 Å². The molecule has 1 aliphatic rings. The molecule has 1 N–H and O–H groups in total. The summed E-state index contributed by atoms with van der Waals surface area (Å²) in [5.41, 5.74) is 2.42. The number of rotatable bonds is 6. The van der Waals surface area contributed by atoms with Crippen molar-refractivity contribution in [3.63, 3.8) is 0 Å². The minimum absolute atomic E-state index is 0.0321. The third-order valence-electron chi connectivity index (χ3n) is 4.15. The molecule has 0 heterocycles. The Labute approximate surface area is 148 Å². The van der Waals surface area contributed by atoms with E-state index in [1.54, 1.807) is 29.2 Å². The number of para-hydroxylation sites is 1. The zero-order chi connectivity index (χ0) is 17.6. The van der Waals surface area contributed by atoms with Crippen LogP contribution in [0, 0.1) is 0 Å². The third-order valence-corrected chi connectivity index (χ3v) is 4.15. The summed E-state index contributed by atoms with van der Waals surface area (Å²) in [4.78, 5) is 26.1. The fraction of sp³-hybridized carbons (Fsp3) is 0.238. The number of benzene rings is 2. The van der Waals surface area contributed by atoms with Crippen LogP contribution in [0.25, 0.3) is 6.08 Å². The molecule has 25 heavy (non-hydrogen) atoms. The predicted octanol–water partition coefficient (Wildman–Crippen LogP) is 3.65. The van der Waals surface area contributed by atoms with Crippen LogP contribution >= 0.6 is 0 Å². The fourth-order valence-corrected chi connectivity index (χ4v) is 2.57. The van der Waals surface area contributed by atoms with Crippen molar-refractivity contribution in [3.05, 3.63) is 71.8 Å². The summed E-state index contributed by atoms with van der Waals surface area (Å²) in [6.45, 7) is 2.56. The number of nitrogens with zero attached hydrogens (tertiary/aromatic N) is 1. The molecule has 1 saturated carbocycles. The summed E-state index contributed by atoms with van der Waals surface area (Å²) in [5.74, 6) is -0.0976. The molecular weight excluding hydrogens is 312 g/mol. The first-order valence-corrected chi connectivity index (χ1v) is 8.63. The lowest BCUT2D eigenvalue weighted by Crippen LogP contribution is -2.28. The number of likely N-dealkylation sites (N-methyl/N-ethyl adjacent to an activating group) is 1. The molecule has 128 valence electrons. The van der Waals surface area contributed by atoms with E-state index in [-0.39, 0.29) is 11.8 Å². The lowest BCUT2D eigenvalue weighted by molar-refractivity contribution is -0.114. The van der Waals surface area contributed by atoms with Crippen molar-refractivity contribution in [2.24, 2.45) is 0 Å². The minimum atomic E-state index is -0.0655. The predicted molar refractivity (Wildman–Crippen MR) is 100 cm³/mol. The van der Waals surface area contributed by atoms with Gasteiger partial charge in [-0.1, -0.05) is 30.3 Å². The zero-order valence-electron chi connectivity index (χ0n) is 14.3. The lowest BCUT2D eigenvalue weighted by atomic mass is 10.1. The summed E-state index contributed by atoms with van der Waals surface area (Å²) in [6, 6.07) is 17.2. The van der Waals surface area contributed by atoms with Crippen LogP contribution in [0.5, 0.6) is 0 Å². The van der Waals surface area contributed by atoms with Crippen molar-refractivity contribution in [2.75, 3.05) is 11.4 Å². The summed E-state index contributed by atoms with van der Waals surface area (Å²) < 4.78 is 0. The third kappa shape index (κ3) is 4.57. The van der Waals surface area contributed by atoms with Gasteiger partial charge in [-0.3, -0.25) is 9.59 Å². The number of nitrogens with one attached hydrogen (secondary N) is 1. The second-order valence-electron chi connectivity index (χ2n) is 6.12. The van der Waals surface area contributed by atoms with Crippen molar-refractivity contribution in [3.8, 4) is 0 Å². The van der Waals surface area contributed by atoms with Crippen molar-refractivity contribution in [1.82, 2.24) is 5.32 Å². The number of carbonyl (C=O) groups is 2. The number of anilines is 1. The molecule has 0 aromatic heterocycles. The maximum atomic E-state index is 12.4. The highest BCUT2D eigenvalue weighted by molar-refractivity contribution is 6.03. The molecule has 0 aliphatic heterocycles. The van der Waals surface area contributed by atoms with Crippen LogP contribution in [0.3, 0.4) is 0 Å². The van der Waals surface area contributed by atoms with E-state index >= 15 is 0 Å². The molecule has 0 saturated heterocycles. The Morgan fingerprint density at radius 2 is 1.76 bits per heavy atom. The molecule has 0 bridgehead atoms. The van der Waals surface area contributed by atoms with Gasteiger partial charge in [0, 0.05) is 29.9 Å². The van der Waals surface area contributed by atoms with E-state index in [1.807, 2.05) is 49.4 Å². The first kappa shape index (κ1) is 17.0. The molecule has 1 fully saturated rings. The van der Waals surface area contributed by atoms with Gasteiger partial charge in [-0.15, -0.1) is 0 Å². The van der Waals surface area contributed by atoms with E-state index in [1.165, 1.54) is 0 Å².